The molecule has 1 aliphatic heterocycles. The van der Waals surface area contributed by atoms with Crippen LogP contribution in [0.2, 0.25) is 0 Å². The van der Waals surface area contributed by atoms with E-state index in [2.05, 4.69) is 5.32 Å². The lowest BCUT2D eigenvalue weighted by Crippen LogP contribution is -2.25. The van der Waals surface area contributed by atoms with Crippen LogP contribution in [0.4, 0.5) is 18.9 Å². The Morgan fingerprint density at radius 1 is 1.33 bits per heavy atom. The van der Waals surface area contributed by atoms with E-state index in [1.54, 1.807) is 0 Å². The van der Waals surface area contributed by atoms with Crippen LogP contribution in [0.15, 0.2) is 18.2 Å². The van der Waals surface area contributed by atoms with Gasteiger partial charge < -0.3 is 10.1 Å². The number of rotatable bonds is 0. The molecule has 0 aromatic heterocycles. The summed E-state index contributed by atoms with van der Waals surface area (Å²) in [7, 11) is 0. The third-order valence-corrected chi connectivity index (χ3v) is 1.94. The summed E-state index contributed by atoms with van der Waals surface area (Å²) in [6, 6.07) is 2.94. The summed E-state index contributed by atoms with van der Waals surface area (Å²) in [6.07, 6.45) is -4.40. The fourth-order valence-electron chi connectivity index (χ4n) is 1.25. The Balaban J connectivity index is 2.39. The van der Waals surface area contributed by atoms with Crippen LogP contribution in [0, 0.1) is 0 Å². The van der Waals surface area contributed by atoms with Crippen molar-refractivity contribution >= 4 is 11.6 Å². The van der Waals surface area contributed by atoms with Gasteiger partial charge in [-0.25, -0.2) is 0 Å². The number of carbonyl (C=O) groups is 1. The highest BCUT2D eigenvalue weighted by molar-refractivity contribution is 5.95. The van der Waals surface area contributed by atoms with Crippen molar-refractivity contribution in [3.8, 4) is 5.75 Å². The predicted octanol–water partition coefficient (Wildman–Crippen LogP) is 2.04. The minimum Gasteiger partial charge on any atom is -0.482 e. The summed E-state index contributed by atoms with van der Waals surface area (Å²) < 4.78 is 41.7. The maximum atomic E-state index is 12.3. The average molecular weight is 217 g/mol. The summed E-state index contributed by atoms with van der Waals surface area (Å²) >= 11 is 0. The van der Waals surface area contributed by atoms with Crippen LogP contribution in [0.1, 0.15) is 5.56 Å². The van der Waals surface area contributed by atoms with Gasteiger partial charge in [-0.05, 0) is 18.2 Å². The Labute approximate surface area is 82.8 Å². The van der Waals surface area contributed by atoms with Crippen molar-refractivity contribution in [2.75, 3.05) is 11.9 Å². The number of alkyl halides is 3. The first-order valence-electron chi connectivity index (χ1n) is 4.11. The molecule has 80 valence electrons. The zero-order chi connectivity index (χ0) is 11.1. The van der Waals surface area contributed by atoms with Gasteiger partial charge in [0.2, 0.25) is 0 Å². The lowest BCUT2D eigenvalue weighted by molar-refractivity contribution is -0.137. The molecule has 15 heavy (non-hydrogen) atoms. The summed E-state index contributed by atoms with van der Waals surface area (Å²) in [6.45, 7) is -0.256. The number of ether oxygens (including phenoxy) is 1. The van der Waals surface area contributed by atoms with Gasteiger partial charge in [0.25, 0.3) is 5.91 Å². The van der Waals surface area contributed by atoms with E-state index in [0.29, 0.717) is 0 Å². The Morgan fingerprint density at radius 2 is 2.07 bits per heavy atom. The number of nitrogens with one attached hydrogen (secondary N) is 1. The van der Waals surface area contributed by atoms with Crippen LogP contribution in [-0.2, 0) is 11.0 Å². The molecule has 1 amide bonds. The molecule has 0 radical (unpaired) electrons. The van der Waals surface area contributed by atoms with Crippen LogP contribution in [0.3, 0.4) is 0 Å². The smallest absolute Gasteiger partial charge is 0.416 e. The molecule has 0 atom stereocenters. The number of anilines is 1. The monoisotopic (exact) mass is 217 g/mol. The van der Waals surface area contributed by atoms with Crippen molar-refractivity contribution in [3.05, 3.63) is 23.8 Å². The molecule has 0 fully saturated rings. The first-order valence-corrected chi connectivity index (χ1v) is 4.11. The maximum absolute atomic E-state index is 12.3. The first kappa shape index (κ1) is 9.82. The number of carbonyl (C=O) groups excluding carboxylic acids is 1. The van der Waals surface area contributed by atoms with E-state index in [1.165, 1.54) is 6.07 Å². The molecule has 3 nitrogen and oxygen atoms in total. The van der Waals surface area contributed by atoms with E-state index < -0.39 is 11.7 Å². The third-order valence-electron chi connectivity index (χ3n) is 1.94. The van der Waals surface area contributed by atoms with Gasteiger partial charge >= 0.3 is 6.18 Å². The molecule has 0 bridgehead atoms. The molecule has 1 aromatic rings. The molecule has 1 aromatic carbocycles. The van der Waals surface area contributed by atoms with Crippen LogP contribution in [0.25, 0.3) is 0 Å². The second kappa shape index (κ2) is 3.15. The molecule has 1 N–H and O–H groups in total. The van der Waals surface area contributed by atoms with Crippen LogP contribution >= 0.6 is 0 Å². The molecule has 0 spiro atoms. The summed E-state index contributed by atoms with van der Waals surface area (Å²) in [5.41, 5.74) is -0.531. The molecule has 6 heteroatoms. The fraction of sp³-hybridized carbons (Fsp3) is 0.222. The van der Waals surface area contributed by atoms with E-state index in [9.17, 15) is 18.0 Å². The number of benzene rings is 1. The van der Waals surface area contributed by atoms with Crippen molar-refractivity contribution in [1.29, 1.82) is 0 Å². The lowest BCUT2D eigenvalue weighted by Gasteiger charge is -2.19. The van der Waals surface area contributed by atoms with E-state index in [4.69, 9.17) is 4.74 Å². The number of amides is 1. The summed E-state index contributed by atoms with van der Waals surface area (Å²) in [5, 5.41) is 2.41. The number of halogens is 3. The van der Waals surface area contributed by atoms with Gasteiger partial charge in [-0.1, -0.05) is 0 Å². The minimum atomic E-state index is -4.40. The van der Waals surface area contributed by atoms with Crippen molar-refractivity contribution in [2.24, 2.45) is 0 Å². The Hall–Kier alpha value is -1.72. The van der Waals surface area contributed by atoms with Gasteiger partial charge in [-0.15, -0.1) is 0 Å². The molecule has 0 unspecified atom stereocenters. The van der Waals surface area contributed by atoms with Crippen molar-refractivity contribution < 1.29 is 22.7 Å². The Morgan fingerprint density at radius 3 is 2.73 bits per heavy atom. The lowest BCUT2D eigenvalue weighted by atomic mass is 10.1. The van der Waals surface area contributed by atoms with Gasteiger partial charge in [0.05, 0.1) is 11.3 Å². The maximum Gasteiger partial charge on any atom is 0.416 e. The minimum absolute atomic E-state index is 0.0458. The molecular weight excluding hydrogens is 211 g/mol. The van der Waals surface area contributed by atoms with Crippen molar-refractivity contribution in [1.82, 2.24) is 0 Å². The molecule has 0 saturated heterocycles. The molecule has 2 rings (SSSR count). The van der Waals surface area contributed by atoms with Gasteiger partial charge in [-0.2, -0.15) is 13.2 Å². The summed E-state index contributed by atoms with van der Waals surface area (Å²) in [4.78, 5) is 10.8. The van der Waals surface area contributed by atoms with Crippen molar-refractivity contribution in [3.63, 3.8) is 0 Å². The standard InChI is InChI=1S/C9H6F3NO2/c10-9(11,12)5-1-2-6-7(3-5)15-4-8(14)13-6/h1-3H,4H2,(H,13,14). The largest absolute Gasteiger partial charge is 0.482 e. The first-order chi connectivity index (χ1) is 6.97. The number of hydrogen-bond donors (Lipinski definition) is 1. The van der Waals surface area contributed by atoms with E-state index in [0.717, 1.165) is 12.1 Å². The zero-order valence-corrected chi connectivity index (χ0v) is 7.39. The van der Waals surface area contributed by atoms with E-state index in [1.807, 2.05) is 0 Å². The predicted molar refractivity (Wildman–Crippen MR) is 45.6 cm³/mol. The highest BCUT2D eigenvalue weighted by atomic mass is 19.4. The Kier molecular flexibility index (Phi) is 2.06. The highest BCUT2D eigenvalue weighted by Crippen LogP contribution is 2.36. The summed E-state index contributed by atoms with van der Waals surface area (Å²) in [5.74, 6) is -0.327. The second-order valence-corrected chi connectivity index (χ2v) is 3.05. The average Bonchev–Trinajstić information content (AvgIpc) is 2.15. The quantitative estimate of drug-likeness (QED) is 0.722. The van der Waals surface area contributed by atoms with E-state index in [-0.39, 0.29) is 24.0 Å². The molecular formula is C9H6F3NO2. The number of fused-ring (bicyclic) bond motifs is 1. The second-order valence-electron chi connectivity index (χ2n) is 3.05. The highest BCUT2D eigenvalue weighted by Gasteiger charge is 2.32. The van der Waals surface area contributed by atoms with Crippen LogP contribution < -0.4 is 10.1 Å². The normalized spacial score (nSPS) is 15.3. The van der Waals surface area contributed by atoms with Gasteiger partial charge in [0, 0.05) is 0 Å². The van der Waals surface area contributed by atoms with Gasteiger partial charge in [0.15, 0.2) is 6.61 Å². The van der Waals surface area contributed by atoms with Gasteiger partial charge in [-0.3, -0.25) is 4.79 Å². The van der Waals surface area contributed by atoms with E-state index >= 15 is 0 Å². The van der Waals surface area contributed by atoms with Crippen LogP contribution in [-0.4, -0.2) is 12.5 Å². The van der Waals surface area contributed by atoms with Crippen molar-refractivity contribution in [2.45, 2.75) is 6.18 Å². The van der Waals surface area contributed by atoms with Crippen LogP contribution in [0.5, 0.6) is 5.75 Å². The molecule has 1 heterocycles. The Bertz CT molecular complexity index is 414. The fourth-order valence-corrected chi connectivity index (χ4v) is 1.25. The number of hydrogen-bond acceptors (Lipinski definition) is 2. The topological polar surface area (TPSA) is 38.3 Å². The molecule has 0 saturated carbocycles. The SMILES string of the molecule is O=C1COc2cc(C(F)(F)F)ccc2N1. The molecule has 0 aliphatic carbocycles. The molecule has 1 aliphatic rings. The third kappa shape index (κ3) is 1.88. The zero-order valence-electron chi connectivity index (χ0n) is 7.39. The van der Waals surface area contributed by atoms with Gasteiger partial charge in [0.1, 0.15) is 5.75 Å².